The second kappa shape index (κ2) is 12.5. The molecule has 3 nitrogen and oxygen atoms in total. The van der Waals surface area contributed by atoms with Crippen LogP contribution in [0.5, 0.6) is 0 Å². The lowest BCUT2D eigenvalue weighted by molar-refractivity contribution is 0.109. The van der Waals surface area contributed by atoms with Crippen molar-refractivity contribution in [2.24, 2.45) is 17.8 Å². The summed E-state index contributed by atoms with van der Waals surface area (Å²) in [5, 5.41) is 30.0. The molecule has 0 heterocycles. The topological polar surface area (TPSA) is 60.7 Å². The van der Waals surface area contributed by atoms with E-state index < -0.39 is 6.10 Å². The summed E-state index contributed by atoms with van der Waals surface area (Å²) in [5.41, 5.74) is 2.89. The molecule has 0 spiro atoms. The van der Waals surface area contributed by atoms with Crippen LogP contribution in [0.4, 0.5) is 0 Å². The van der Waals surface area contributed by atoms with Gasteiger partial charge in [-0.2, -0.15) is 0 Å². The van der Waals surface area contributed by atoms with Crippen LogP contribution in [-0.2, 0) is 0 Å². The predicted molar refractivity (Wildman–Crippen MR) is 117 cm³/mol. The quantitative estimate of drug-likeness (QED) is 0.198. The molecule has 1 fully saturated rings. The zero-order chi connectivity index (χ0) is 20.4. The highest BCUT2D eigenvalue weighted by Gasteiger charge is 2.46. The van der Waals surface area contributed by atoms with Crippen molar-refractivity contribution in [1.29, 1.82) is 0 Å². The van der Waals surface area contributed by atoms with Crippen LogP contribution in [0.25, 0.3) is 0 Å². The second-order valence-corrected chi connectivity index (χ2v) is 9.12. The van der Waals surface area contributed by atoms with Gasteiger partial charge in [0.1, 0.15) is 0 Å². The van der Waals surface area contributed by atoms with Crippen molar-refractivity contribution < 1.29 is 15.3 Å². The van der Waals surface area contributed by atoms with Gasteiger partial charge in [-0.25, -0.2) is 0 Å². The Kier molecular flexibility index (Phi) is 10.4. The number of hydrogen-bond acceptors (Lipinski definition) is 3. The van der Waals surface area contributed by atoms with Crippen LogP contribution >= 0.6 is 0 Å². The Morgan fingerprint density at radius 3 is 2.36 bits per heavy atom. The zero-order valence-electron chi connectivity index (χ0n) is 18.1. The molecule has 2 rings (SSSR count). The molecule has 0 saturated heterocycles. The first-order valence-electron chi connectivity index (χ1n) is 11.5. The van der Waals surface area contributed by atoms with E-state index in [9.17, 15) is 10.2 Å². The third kappa shape index (κ3) is 7.40. The van der Waals surface area contributed by atoms with Crippen LogP contribution in [0, 0.1) is 17.8 Å². The van der Waals surface area contributed by atoms with E-state index in [1.807, 2.05) is 6.08 Å². The smallest absolute Gasteiger partial charge is 0.0942 e. The Hall–Kier alpha value is -1.06. The summed E-state index contributed by atoms with van der Waals surface area (Å²) in [6.07, 6.45) is 19.2. The molecular formula is C25H42O3. The Morgan fingerprint density at radius 2 is 1.68 bits per heavy atom. The number of aliphatic hydroxyl groups excluding tert-OH is 3. The van der Waals surface area contributed by atoms with Gasteiger partial charge in [0, 0.05) is 12.5 Å². The van der Waals surface area contributed by atoms with Gasteiger partial charge in [0.05, 0.1) is 11.9 Å². The summed E-state index contributed by atoms with van der Waals surface area (Å²) in [6.45, 7) is 4.58. The number of allylic oxidation sites excluding steroid dienone is 5. The van der Waals surface area contributed by atoms with Crippen LogP contribution in [-0.4, -0.2) is 28.0 Å². The van der Waals surface area contributed by atoms with E-state index in [0.717, 1.165) is 51.4 Å². The average molecular weight is 391 g/mol. The molecule has 160 valence electrons. The second-order valence-electron chi connectivity index (χ2n) is 9.12. The largest absolute Gasteiger partial charge is 0.512 e. The molecule has 28 heavy (non-hydrogen) atoms. The van der Waals surface area contributed by atoms with Gasteiger partial charge in [0.15, 0.2) is 0 Å². The highest BCUT2D eigenvalue weighted by Crippen LogP contribution is 2.49. The van der Waals surface area contributed by atoms with Crippen molar-refractivity contribution in [2.75, 3.05) is 6.61 Å². The van der Waals surface area contributed by atoms with E-state index in [2.05, 4.69) is 26.0 Å². The van der Waals surface area contributed by atoms with Gasteiger partial charge in [0.2, 0.25) is 0 Å². The number of rotatable bonds is 13. The normalized spacial score (nSPS) is 27.0. The lowest BCUT2D eigenvalue weighted by atomic mass is 9.87. The predicted octanol–water partition coefficient (Wildman–Crippen LogP) is 6.23. The summed E-state index contributed by atoms with van der Waals surface area (Å²) in [4.78, 5) is 0. The number of aliphatic hydroxyl groups is 3. The fourth-order valence-electron chi connectivity index (χ4n) is 4.96. The van der Waals surface area contributed by atoms with Crippen LogP contribution in [0.3, 0.4) is 0 Å². The molecule has 1 saturated carbocycles. The highest BCUT2D eigenvalue weighted by molar-refractivity contribution is 5.22. The van der Waals surface area contributed by atoms with E-state index in [-0.39, 0.29) is 12.5 Å². The van der Waals surface area contributed by atoms with Gasteiger partial charge in [-0.15, -0.1) is 0 Å². The van der Waals surface area contributed by atoms with E-state index in [4.69, 9.17) is 5.11 Å². The maximum atomic E-state index is 10.6. The molecule has 0 aromatic carbocycles. The lowest BCUT2D eigenvalue weighted by Gasteiger charge is -2.21. The summed E-state index contributed by atoms with van der Waals surface area (Å²) in [6, 6.07) is 0. The van der Waals surface area contributed by atoms with Gasteiger partial charge in [-0.1, -0.05) is 42.6 Å². The van der Waals surface area contributed by atoms with E-state index in [0.29, 0.717) is 17.6 Å². The molecule has 0 radical (unpaired) electrons. The van der Waals surface area contributed by atoms with Gasteiger partial charge in [-0.3, -0.25) is 0 Å². The number of hydrogen-bond donors (Lipinski definition) is 3. The first-order chi connectivity index (χ1) is 13.5. The Morgan fingerprint density at radius 1 is 1.00 bits per heavy atom. The van der Waals surface area contributed by atoms with Crippen LogP contribution < -0.4 is 0 Å². The van der Waals surface area contributed by atoms with E-state index >= 15 is 0 Å². The minimum Gasteiger partial charge on any atom is -0.512 e. The Bertz CT molecular complexity index is 542. The molecule has 3 heteroatoms. The summed E-state index contributed by atoms with van der Waals surface area (Å²) in [7, 11) is 0. The summed E-state index contributed by atoms with van der Waals surface area (Å²) >= 11 is 0. The standard InChI is InChI=1S/C25H42O3/c1-19(2)12-8-5-3-4-6-10-14-23(27)25-22-17-20(13-9-7-11-15-26)16-21(22)18-24(25)28/h12,14,16,21-22,24-28H,3-11,13,15,17-18H2,1-2H3/t21-,22-,24-,25+/m1/s1. The molecule has 0 aliphatic heterocycles. The van der Waals surface area contributed by atoms with Crippen molar-refractivity contribution >= 4 is 0 Å². The first kappa shape index (κ1) is 23.2. The molecule has 3 N–H and O–H groups in total. The maximum absolute atomic E-state index is 10.6. The number of fused-ring (bicyclic) bond motifs is 1. The molecular weight excluding hydrogens is 348 g/mol. The van der Waals surface area contributed by atoms with Crippen molar-refractivity contribution in [3.8, 4) is 0 Å². The first-order valence-corrected chi connectivity index (χ1v) is 11.5. The molecule has 2 aliphatic rings. The van der Waals surface area contributed by atoms with Gasteiger partial charge < -0.3 is 15.3 Å². The van der Waals surface area contributed by atoms with Crippen molar-refractivity contribution in [3.05, 3.63) is 35.1 Å². The monoisotopic (exact) mass is 390 g/mol. The van der Waals surface area contributed by atoms with Gasteiger partial charge >= 0.3 is 0 Å². The summed E-state index contributed by atoms with van der Waals surface area (Å²) < 4.78 is 0. The van der Waals surface area contributed by atoms with Crippen molar-refractivity contribution in [3.63, 3.8) is 0 Å². The third-order valence-corrected chi connectivity index (χ3v) is 6.45. The van der Waals surface area contributed by atoms with Crippen LogP contribution in [0.2, 0.25) is 0 Å². The fraction of sp³-hybridized carbons (Fsp3) is 0.760. The molecule has 2 aliphatic carbocycles. The molecule has 0 amide bonds. The van der Waals surface area contributed by atoms with Crippen molar-refractivity contribution in [2.45, 2.75) is 97.0 Å². The number of unbranched alkanes of at least 4 members (excludes halogenated alkanes) is 7. The van der Waals surface area contributed by atoms with Gasteiger partial charge in [-0.05, 0) is 89.5 Å². The lowest BCUT2D eigenvalue weighted by Crippen LogP contribution is -2.21. The minimum absolute atomic E-state index is 0.0751. The van der Waals surface area contributed by atoms with Crippen molar-refractivity contribution in [1.82, 2.24) is 0 Å². The maximum Gasteiger partial charge on any atom is 0.0942 e. The molecule has 0 aromatic rings. The fourth-order valence-corrected chi connectivity index (χ4v) is 4.96. The SMILES string of the molecule is CC(C)=CCCCCCCC=C(O)[C@@H]1[C@@H]2CC(CCCCCO)=C[C@@H]2C[C@H]1O. The van der Waals surface area contributed by atoms with E-state index in [1.165, 1.54) is 36.8 Å². The van der Waals surface area contributed by atoms with Gasteiger partial charge in [0.25, 0.3) is 0 Å². The van der Waals surface area contributed by atoms with Crippen LogP contribution in [0.15, 0.2) is 35.1 Å². The van der Waals surface area contributed by atoms with Crippen LogP contribution in [0.1, 0.15) is 90.9 Å². The summed E-state index contributed by atoms with van der Waals surface area (Å²) in [5.74, 6) is 1.16. The zero-order valence-corrected chi connectivity index (χ0v) is 18.1. The Labute approximate surface area is 172 Å². The molecule has 0 bridgehead atoms. The molecule has 0 unspecified atom stereocenters. The third-order valence-electron chi connectivity index (χ3n) is 6.45. The average Bonchev–Trinajstić information content (AvgIpc) is 3.16. The molecule has 0 aromatic heterocycles. The van der Waals surface area contributed by atoms with E-state index in [1.54, 1.807) is 0 Å². The Balaban J connectivity index is 1.70. The highest BCUT2D eigenvalue weighted by atomic mass is 16.3. The minimum atomic E-state index is -0.400. The molecule has 4 atom stereocenters.